The average molecular weight is 350 g/mol. The van der Waals surface area contributed by atoms with Gasteiger partial charge in [0, 0.05) is 56.9 Å². The minimum atomic E-state index is -0.0915. The van der Waals surface area contributed by atoms with Crippen LogP contribution in [0.5, 0.6) is 0 Å². The van der Waals surface area contributed by atoms with Crippen LogP contribution < -0.4 is 15.5 Å². The molecule has 7 heteroatoms. The van der Waals surface area contributed by atoms with E-state index in [9.17, 15) is 4.79 Å². The van der Waals surface area contributed by atoms with Gasteiger partial charge in [0.1, 0.15) is 18.0 Å². The van der Waals surface area contributed by atoms with E-state index < -0.39 is 0 Å². The standard InChI is InChI=1S/C19H22N6O/c1-24(2)16-7-5-6-15(12-16)19(26)21-9-8-20-17-13-18(23-14-22-17)25-10-3-4-11-25/h3-7,10-14H,8-9H2,1-2H3,(H,21,26)(H,20,22,23). The summed E-state index contributed by atoms with van der Waals surface area (Å²) in [4.78, 5) is 22.7. The molecule has 0 spiro atoms. The Morgan fingerprint density at radius 1 is 1.08 bits per heavy atom. The van der Waals surface area contributed by atoms with Gasteiger partial charge in [0.05, 0.1) is 0 Å². The van der Waals surface area contributed by atoms with Crippen molar-refractivity contribution in [3.05, 3.63) is 66.7 Å². The van der Waals surface area contributed by atoms with Crippen molar-refractivity contribution in [2.75, 3.05) is 37.4 Å². The number of amides is 1. The van der Waals surface area contributed by atoms with E-state index in [1.807, 2.05) is 78.4 Å². The zero-order valence-electron chi connectivity index (χ0n) is 14.9. The van der Waals surface area contributed by atoms with Gasteiger partial charge in [-0.05, 0) is 30.3 Å². The summed E-state index contributed by atoms with van der Waals surface area (Å²) in [6.07, 6.45) is 5.37. The molecule has 3 aromatic rings. The Labute approximate surface area is 152 Å². The number of rotatable bonds is 7. The van der Waals surface area contributed by atoms with Gasteiger partial charge in [-0.1, -0.05) is 6.07 Å². The fraction of sp³-hybridized carbons (Fsp3) is 0.211. The number of nitrogens with zero attached hydrogens (tertiary/aromatic N) is 4. The minimum Gasteiger partial charge on any atom is -0.378 e. The van der Waals surface area contributed by atoms with Crippen LogP contribution in [0.3, 0.4) is 0 Å². The molecule has 1 aromatic carbocycles. The van der Waals surface area contributed by atoms with Crippen molar-refractivity contribution < 1.29 is 4.79 Å². The fourth-order valence-electron chi connectivity index (χ4n) is 2.47. The van der Waals surface area contributed by atoms with Crippen LogP contribution in [0.15, 0.2) is 61.2 Å². The zero-order chi connectivity index (χ0) is 18.4. The predicted molar refractivity (Wildman–Crippen MR) is 103 cm³/mol. The summed E-state index contributed by atoms with van der Waals surface area (Å²) in [6, 6.07) is 13.3. The van der Waals surface area contributed by atoms with Gasteiger partial charge in [-0.15, -0.1) is 0 Å². The van der Waals surface area contributed by atoms with Crippen molar-refractivity contribution in [1.82, 2.24) is 19.9 Å². The second kappa shape index (κ2) is 8.15. The van der Waals surface area contributed by atoms with Gasteiger partial charge >= 0.3 is 0 Å². The number of hydrogen-bond donors (Lipinski definition) is 2. The lowest BCUT2D eigenvalue weighted by molar-refractivity contribution is 0.0955. The molecule has 2 N–H and O–H groups in total. The first-order valence-corrected chi connectivity index (χ1v) is 8.38. The van der Waals surface area contributed by atoms with Crippen LogP contribution in [0.1, 0.15) is 10.4 Å². The minimum absolute atomic E-state index is 0.0915. The molecular formula is C19H22N6O. The topological polar surface area (TPSA) is 75.1 Å². The highest BCUT2D eigenvalue weighted by Crippen LogP contribution is 2.13. The third kappa shape index (κ3) is 4.38. The van der Waals surface area contributed by atoms with Crippen LogP contribution in [-0.4, -0.2) is 47.6 Å². The van der Waals surface area contributed by atoms with E-state index >= 15 is 0 Å². The predicted octanol–water partition coefficient (Wildman–Crippen LogP) is 2.18. The third-order valence-corrected chi connectivity index (χ3v) is 3.86. The number of benzene rings is 1. The number of aromatic nitrogens is 3. The van der Waals surface area contributed by atoms with Crippen LogP contribution in [0.2, 0.25) is 0 Å². The fourth-order valence-corrected chi connectivity index (χ4v) is 2.47. The molecule has 0 aliphatic rings. The van der Waals surface area contributed by atoms with Crippen molar-refractivity contribution in [2.45, 2.75) is 0 Å². The molecule has 0 aliphatic heterocycles. The summed E-state index contributed by atoms with van der Waals surface area (Å²) in [7, 11) is 3.90. The molecule has 134 valence electrons. The first-order chi connectivity index (χ1) is 12.6. The van der Waals surface area contributed by atoms with Crippen LogP contribution in [0.4, 0.5) is 11.5 Å². The van der Waals surface area contributed by atoms with Crippen LogP contribution in [0, 0.1) is 0 Å². The highest BCUT2D eigenvalue weighted by atomic mass is 16.1. The molecule has 0 saturated heterocycles. The molecule has 0 radical (unpaired) electrons. The molecule has 0 fully saturated rings. The zero-order valence-corrected chi connectivity index (χ0v) is 14.9. The maximum atomic E-state index is 12.3. The summed E-state index contributed by atoms with van der Waals surface area (Å²) in [5.41, 5.74) is 1.64. The lowest BCUT2D eigenvalue weighted by Crippen LogP contribution is -2.29. The van der Waals surface area contributed by atoms with E-state index in [0.717, 1.165) is 11.5 Å². The van der Waals surface area contributed by atoms with Crippen LogP contribution >= 0.6 is 0 Å². The Bertz CT molecular complexity index is 860. The summed E-state index contributed by atoms with van der Waals surface area (Å²) < 4.78 is 1.91. The van der Waals surface area contributed by atoms with Crippen molar-refractivity contribution in [3.8, 4) is 5.82 Å². The molecule has 0 unspecified atom stereocenters. The average Bonchev–Trinajstić information content (AvgIpc) is 3.20. The lowest BCUT2D eigenvalue weighted by Gasteiger charge is -2.13. The second-order valence-corrected chi connectivity index (χ2v) is 5.98. The number of carbonyl (C=O) groups is 1. The number of nitrogens with one attached hydrogen (secondary N) is 2. The molecule has 1 amide bonds. The van der Waals surface area contributed by atoms with Gasteiger partial charge in [0.2, 0.25) is 0 Å². The molecule has 26 heavy (non-hydrogen) atoms. The number of carbonyl (C=O) groups excluding carboxylic acids is 1. The molecule has 2 aromatic heterocycles. The van der Waals surface area contributed by atoms with E-state index in [-0.39, 0.29) is 5.91 Å². The summed E-state index contributed by atoms with van der Waals surface area (Å²) in [5, 5.41) is 6.10. The molecule has 0 saturated carbocycles. The smallest absolute Gasteiger partial charge is 0.251 e. The van der Waals surface area contributed by atoms with Gasteiger partial charge in [-0.25, -0.2) is 9.97 Å². The van der Waals surface area contributed by atoms with Crippen molar-refractivity contribution in [1.29, 1.82) is 0 Å². The Balaban J connectivity index is 1.50. The van der Waals surface area contributed by atoms with Gasteiger partial charge in [-0.3, -0.25) is 4.79 Å². The maximum absolute atomic E-state index is 12.3. The van der Waals surface area contributed by atoms with Gasteiger partial charge in [-0.2, -0.15) is 0 Å². The normalized spacial score (nSPS) is 10.4. The third-order valence-electron chi connectivity index (χ3n) is 3.86. The number of hydrogen-bond acceptors (Lipinski definition) is 5. The summed E-state index contributed by atoms with van der Waals surface area (Å²) in [5.74, 6) is 1.41. The maximum Gasteiger partial charge on any atom is 0.251 e. The second-order valence-electron chi connectivity index (χ2n) is 5.98. The van der Waals surface area contributed by atoms with E-state index in [4.69, 9.17) is 0 Å². The largest absolute Gasteiger partial charge is 0.378 e. The van der Waals surface area contributed by atoms with Gasteiger partial charge < -0.3 is 20.1 Å². The molecule has 0 atom stereocenters. The van der Waals surface area contributed by atoms with E-state index in [1.165, 1.54) is 6.33 Å². The molecule has 3 rings (SSSR count). The molecule has 0 aliphatic carbocycles. The molecule has 0 bridgehead atoms. The van der Waals surface area contributed by atoms with Crippen molar-refractivity contribution in [3.63, 3.8) is 0 Å². The van der Waals surface area contributed by atoms with Crippen molar-refractivity contribution >= 4 is 17.4 Å². The summed E-state index contributed by atoms with van der Waals surface area (Å²) >= 11 is 0. The highest BCUT2D eigenvalue weighted by Gasteiger charge is 2.06. The Morgan fingerprint density at radius 3 is 2.65 bits per heavy atom. The monoisotopic (exact) mass is 350 g/mol. The van der Waals surface area contributed by atoms with E-state index in [2.05, 4.69) is 20.6 Å². The Kier molecular flexibility index (Phi) is 5.48. The Hall–Kier alpha value is -3.35. The quantitative estimate of drug-likeness (QED) is 0.639. The van der Waals surface area contributed by atoms with Crippen molar-refractivity contribution in [2.24, 2.45) is 0 Å². The van der Waals surface area contributed by atoms with E-state index in [0.29, 0.717) is 24.5 Å². The molecular weight excluding hydrogens is 328 g/mol. The van der Waals surface area contributed by atoms with Crippen LogP contribution in [-0.2, 0) is 0 Å². The molecule has 7 nitrogen and oxygen atoms in total. The van der Waals surface area contributed by atoms with Gasteiger partial charge in [0.25, 0.3) is 5.91 Å². The molecule has 2 heterocycles. The lowest BCUT2D eigenvalue weighted by atomic mass is 10.2. The van der Waals surface area contributed by atoms with E-state index in [1.54, 1.807) is 0 Å². The Morgan fingerprint density at radius 2 is 1.88 bits per heavy atom. The number of anilines is 2. The first kappa shape index (κ1) is 17.5. The van der Waals surface area contributed by atoms with Gasteiger partial charge in [0.15, 0.2) is 0 Å². The highest BCUT2D eigenvalue weighted by molar-refractivity contribution is 5.95. The first-order valence-electron chi connectivity index (χ1n) is 8.38. The SMILES string of the molecule is CN(C)c1cccc(C(=O)NCCNc2cc(-n3cccc3)ncn2)c1. The summed E-state index contributed by atoms with van der Waals surface area (Å²) in [6.45, 7) is 1.06. The van der Waals surface area contributed by atoms with Crippen LogP contribution in [0.25, 0.3) is 5.82 Å².